The van der Waals surface area contributed by atoms with Crippen molar-refractivity contribution in [2.75, 3.05) is 13.1 Å². The average molecular weight is 276 g/mol. The Bertz CT molecular complexity index is 509. The van der Waals surface area contributed by atoms with Crippen molar-refractivity contribution in [3.8, 4) is 16.9 Å². The van der Waals surface area contributed by atoms with Crippen molar-refractivity contribution < 1.29 is 4.74 Å². The lowest BCUT2D eigenvalue weighted by Crippen LogP contribution is -2.19. The van der Waals surface area contributed by atoms with Crippen molar-refractivity contribution >= 4 is 12.4 Å². The zero-order chi connectivity index (χ0) is 12.2. The van der Waals surface area contributed by atoms with E-state index in [9.17, 15) is 0 Å². The highest BCUT2D eigenvalue weighted by atomic mass is 35.5. The van der Waals surface area contributed by atoms with Crippen molar-refractivity contribution in [3.05, 3.63) is 54.6 Å². The first-order chi connectivity index (χ1) is 8.93. The molecule has 1 aliphatic rings. The average Bonchev–Trinajstić information content (AvgIpc) is 2.93. The molecule has 0 amide bonds. The van der Waals surface area contributed by atoms with Crippen LogP contribution in [0.2, 0.25) is 0 Å². The van der Waals surface area contributed by atoms with Gasteiger partial charge >= 0.3 is 0 Å². The van der Waals surface area contributed by atoms with E-state index in [0.717, 1.165) is 25.3 Å². The molecule has 1 atom stereocenters. The maximum absolute atomic E-state index is 6.10. The van der Waals surface area contributed by atoms with Gasteiger partial charge in [0.15, 0.2) is 0 Å². The van der Waals surface area contributed by atoms with Crippen molar-refractivity contribution in [1.29, 1.82) is 0 Å². The minimum atomic E-state index is 0. The van der Waals surface area contributed by atoms with Gasteiger partial charge in [0.2, 0.25) is 0 Å². The predicted molar refractivity (Wildman–Crippen MR) is 81.0 cm³/mol. The van der Waals surface area contributed by atoms with Crippen LogP contribution in [-0.4, -0.2) is 19.2 Å². The molecule has 100 valence electrons. The second-order valence-corrected chi connectivity index (χ2v) is 4.59. The van der Waals surface area contributed by atoms with Crippen LogP contribution in [0.3, 0.4) is 0 Å². The standard InChI is InChI=1S/C16H17NO.ClH/c1-2-6-13(7-3-1)15-8-4-5-9-16(15)18-14-10-11-17-12-14;/h1-9,14,17H,10-12H2;1H. The Kier molecular flexibility index (Phi) is 4.83. The molecule has 1 fully saturated rings. The Hall–Kier alpha value is -1.51. The molecule has 0 saturated carbocycles. The maximum atomic E-state index is 6.10. The summed E-state index contributed by atoms with van der Waals surface area (Å²) >= 11 is 0. The Morgan fingerprint density at radius 3 is 2.42 bits per heavy atom. The number of hydrogen-bond acceptors (Lipinski definition) is 2. The molecule has 1 aliphatic heterocycles. The van der Waals surface area contributed by atoms with Gasteiger partial charge in [-0.25, -0.2) is 0 Å². The van der Waals surface area contributed by atoms with Crippen molar-refractivity contribution in [2.45, 2.75) is 12.5 Å². The van der Waals surface area contributed by atoms with Crippen LogP contribution < -0.4 is 10.1 Å². The summed E-state index contributed by atoms with van der Waals surface area (Å²) in [6, 6.07) is 18.7. The lowest BCUT2D eigenvalue weighted by atomic mass is 10.0. The third-order valence-electron chi connectivity index (χ3n) is 3.28. The maximum Gasteiger partial charge on any atom is 0.127 e. The van der Waals surface area contributed by atoms with E-state index in [-0.39, 0.29) is 12.4 Å². The van der Waals surface area contributed by atoms with Crippen LogP contribution >= 0.6 is 12.4 Å². The first-order valence-corrected chi connectivity index (χ1v) is 6.45. The zero-order valence-corrected chi connectivity index (χ0v) is 11.5. The van der Waals surface area contributed by atoms with Crippen LogP contribution in [0.5, 0.6) is 5.75 Å². The van der Waals surface area contributed by atoms with E-state index in [0.29, 0.717) is 6.10 Å². The minimum absolute atomic E-state index is 0. The second-order valence-electron chi connectivity index (χ2n) is 4.59. The molecule has 0 aliphatic carbocycles. The van der Waals surface area contributed by atoms with E-state index >= 15 is 0 Å². The predicted octanol–water partition coefficient (Wildman–Crippen LogP) is 3.52. The molecule has 3 rings (SSSR count). The summed E-state index contributed by atoms with van der Waals surface area (Å²) in [7, 11) is 0. The molecule has 2 aromatic carbocycles. The van der Waals surface area contributed by atoms with E-state index < -0.39 is 0 Å². The number of ether oxygens (including phenoxy) is 1. The second kappa shape index (κ2) is 6.60. The highest BCUT2D eigenvalue weighted by Gasteiger charge is 2.17. The third kappa shape index (κ3) is 3.28. The molecule has 0 spiro atoms. The van der Waals surface area contributed by atoms with Gasteiger partial charge in [-0.2, -0.15) is 0 Å². The summed E-state index contributed by atoms with van der Waals surface area (Å²) in [5, 5.41) is 3.33. The molecule has 2 nitrogen and oxygen atoms in total. The summed E-state index contributed by atoms with van der Waals surface area (Å²) in [5.74, 6) is 0.984. The first-order valence-electron chi connectivity index (χ1n) is 6.45. The highest BCUT2D eigenvalue weighted by Crippen LogP contribution is 2.30. The number of halogens is 1. The number of hydrogen-bond donors (Lipinski definition) is 1. The molecule has 0 radical (unpaired) electrons. The Morgan fingerprint density at radius 1 is 0.947 bits per heavy atom. The van der Waals surface area contributed by atoms with E-state index in [2.05, 4.69) is 47.8 Å². The molecule has 0 bridgehead atoms. The minimum Gasteiger partial charge on any atom is -0.488 e. The lowest BCUT2D eigenvalue weighted by molar-refractivity contribution is 0.224. The molecular weight excluding hydrogens is 258 g/mol. The van der Waals surface area contributed by atoms with Crippen molar-refractivity contribution in [3.63, 3.8) is 0 Å². The fraction of sp³-hybridized carbons (Fsp3) is 0.250. The van der Waals surface area contributed by atoms with Gasteiger partial charge in [0.05, 0.1) is 0 Å². The van der Waals surface area contributed by atoms with Gasteiger partial charge in [-0.1, -0.05) is 48.5 Å². The molecule has 1 saturated heterocycles. The van der Waals surface area contributed by atoms with Crippen LogP contribution in [-0.2, 0) is 0 Å². The molecule has 0 aromatic heterocycles. The lowest BCUT2D eigenvalue weighted by Gasteiger charge is -2.16. The highest BCUT2D eigenvalue weighted by molar-refractivity contribution is 5.85. The van der Waals surface area contributed by atoms with Gasteiger partial charge in [-0.15, -0.1) is 12.4 Å². The molecule has 19 heavy (non-hydrogen) atoms. The topological polar surface area (TPSA) is 21.3 Å². The molecule has 3 heteroatoms. The largest absolute Gasteiger partial charge is 0.488 e. The van der Waals surface area contributed by atoms with Gasteiger partial charge in [0, 0.05) is 12.1 Å². The van der Waals surface area contributed by atoms with Crippen LogP contribution in [0.25, 0.3) is 11.1 Å². The summed E-state index contributed by atoms with van der Waals surface area (Å²) in [6.07, 6.45) is 1.39. The first kappa shape index (κ1) is 13.9. The number of benzene rings is 2. The Morgan fingerprint density at radius 2 is 1.68 bits per heavy atom. The fourth-order valence-corrected chi connectivity index (χ4v) is 2.33. The zero-order valence-electron chi connectivity index (χ0n) is 10.7. The van der Waals surface area contributed by atoms with E-state index in [1.807, 2.05) is 12.1 Å². The van der Waals surface area contributed by atoms with Gasteiger partial charge in [0.25, 0.3) is 0 Å². The molecule has 1 heterocycles. The summed E-state index contributed by atoms with van der Waals surface area (Å²) in [6.45, 7) is 2.00. The fourth-order valence-electron chi connectivity index (χ4n) is 2.33. The van der Waals surface area contributed by atoms with Crippen molar-refractivity contribution in [1.82, 2.24) is 5.32 Å². The normalized spacial score (nSPS) is 17.8. The van der Waals surface area contributed by atoms with Gasteiger partial charge < -0.3 is 10.1 Å². The molecule has 1 N–H and O–H groups in total. The van der Waals surface area contributed by atoms with Gasteiger partial charge in [-0.05, 0) is 24.6 Å². The molecular formula is C16H18ClNO. The number of para-hydroxylation sites is 1. The van der Waals surface area contributed by atoms with Gasteiger partial charge in [-0.3, -0.25) is 0 Å². The monoisotopic (exact) mass is 275 g/mol. The quantitative estimate of drug-likeness (QED) is 0.925. The van der Waals surface area contributed by atoms with Crippen LogP contribution in [0, 0.1) is 0 Å². The Balaban J connectivity index is 0.00000133. The summed E-state index contributed by atoms with van der Waals surface area (Å²) < 4.78 is 6.10. The van der Waals surface area contributed by atoms with E-state index in [1.54, 1.807) is 0 Å². The van der Waals surface area contributed by atoms with Crippen LogP contribution in [0.1, 0.15) is 6.42 Å². The molecule has 2 aromatic rings. The summed E-state index contributed by atoms with van der Waals surface area (Å²) in [5.41, 5.74) is 2.38. The van der Waals surface area contributed by atoms with Crippen LogP contribution in [0.4, 0.5) is 0 Å². The number of rotatable bonds is 3. The van der Waals surface area contributed by atoms with Crippen LogP contribution in [0.15, 0.2) is 54.6 Å². The van der Waals surface area contributed by atoms with E-state index in [4.69, 9.17) is 4.74 Å². The smallest absolute Gasteiger partial charge is 0.127 e. The van der Waals surface area contributed by atoms with Gasteiger partial charge in [0.1, 0.15) is 11.9 Å². The SMILES string of the molecule is Cl.c1ccc(-c2ccccc2OC2CCNC2)cc1. The van der Waals surface area contributed by atoms with E-state index in [1.165, 1.54) is 11.1 Å². The third-order valence-corrected chi connectivity index (χ3v) is 3.28. The number of nitrogens with one attached hydrogen (secondary N) is 1. The van der Waals surface area contributed by atoms with Crippen molar-refractivity contribution in [2.24, 2.45) is 0 Å². The molecule has 1 unspecified atom stereocenters. The Labute approximate surface area is 120 Å². The summed E-state index contributed by atoms with van der Waals surface area (Å²) in [4.78, 5) is 0.